The van der Waals surface area contributed by atoms with Crippen molar-refractivity contribution in [3.63, 3.8) is 0 Å². The topological polar surface area (TPSA) is 112 Å². The number of rotatable bonds is 5. The van der Waals surface area contributed by atoms with Gasteiger partial charge in [-0.05, 0) is 18.9 Å². The summed E-state index contributed by atoms with van der Waals surface area (Å²) in [6.07, 6.45) is 0.00355. The van der Waals surface area contributed by atoms with Crippen LogP contribution in [0.3, 0.4) is 0 Å². The van der Waals surface area contributed by atoms with E-state index in [1.54, 1.807) is 17.2 Å². The Morgan fingerprint density at radius 1 is 1.40 bits per heavy atom. The van der Waals surface area contributed by atoms with Crippen LogP contribution in [0.15, 0.2) is 28.4 Å². The van der Waals surface area contributed by atoms with Gasteiger partial charge in [0.1, 0.15) is 23.6 Å². The summed E-state index contributed by atoms with van der Waals surface area (Å²) in [5, 5.41) is 3.18. The van der Waals surface area contributed by atoms with Crippen LogP contribution in [0.2, 0.25) is 5.02 Å². The quantitative estimate of drug-likeness (QED) is 0.617. The van der Waals surface area contributed by atoms with Crippen LogP contribution in [0.1, 0.15) is 24.8 Å². The van der Waals surface area contributed by atoms with E-state index >= 15 is 0 Å². The number of carbonyl (C=O) groups is 1. The molecule has 2 aromatic heterocycles. The fourth-order valence-corrected chi connectivity index (χ4v) is 3.75. The molecule has 12 heteroatoms. The zero-order valence-electron chi connectivity index (χ0n) is 15.8. The summed E-state index contributed by atoms with van der Waals surface area (Å²) >= 11 is 6.05. The lowest BCUT2D eigenvalue weighted by atomic mass is 10.1. The minimum atomic E-state index is -4.48. The molecule has 160 valence electrons. The first-order chi connectivity index (χ1) is 14.2. The first-order valence-corrected chi connectivity index (χ1v) is 9.69. The molecule has 2 aliphatic rings. The third-order valence-corrected chi connectivity index (χ3v) is 5.38. The molecule has 0 unspecified atom stereocenters. The summed E-state index contributed by atoms with van der Waals surface area (Å²) in [4.78, 5) is 30.4. The monoisotopic (exact) mass is 441 g/mol. The van der Waals surface area contributed by atoms with Crippen molar-refractivity contribution in [2.45, 2.75) is 31.0 Å². The minimum absolute atomic E-state index is 0.0488. The molecule has 0 atom stereocenters. The largest absolute Gasteiger partial charge is 0.405 e. The van der Waals surface area contributed by atoms with E-state index in [2.05, 4.69) is 20.0 Å². The number of carbonyl (C=O) groups excluding carboxylic acids is 1. The van der Waals surface area contributed by atoms with Gasteiger partial charge in [-0.1, -0.05) is 11.6 Å². The second-order valence-corrected chi connectivity index (χ2v) is 7.61. The second kappa shape index (κ2) is 7.55. The van der Waals surface area contributed by atoms with Crippen molar-refractivity contribution in [2.75, 3.05) is 19.8 Å². The first-order valence-electron chi connectivity index (χ1n) is 9.31. The number of hydrogen-bond acceptors (Lipinski definition) is 6. The van der Waals surface area contributed by atoms with Crippen LogP contribution in [0.5, 0.6) is 0 Å². The molecular formula is C18H19ClF3N7O. The highest BCUT2D eigenvalue weighted by Crippen LogP contribution is 2.42. The van der Waals surface area contributed by atoms with Gasteiger partial charge in [0.2, 0.25) is 5.91 Å². The Bertz CT molecular complexity index is 1040. The van der Waals surface area contributed by atoms with Crippen LogP contribution in [-0.2, 0) is 4.79 Å². The molecule has 30 heavy (non-hydrogen) atoms. The fraction of sp³-hybridized carbons (Fsp3) is 0.444. The van der Waals surface area contributed by atoms with Gasteiger partial charge < -0.3 is 20.9 Å². The van der Waals surface area contributed by atoms with E-state index in [1.165, 1.54) is 6.20 Å². The third kappa shape index (κ3) is 3.86. The van der Waals surface area contributed by atoms with Crippen LogP contribution >= 0.6 is 11.6 Å². The van der Waals surface area contributed by atoms with Gasteiger partial charge in [-0.3, -0.25) is 9.79 Å². The van der Waals surface area contributed by atoms with Crippen molar-refractivity contribution >= 4 is 40.2 Å². The van der Waals surface area contributed by atoms with Crippen LogP contribution in [0, 0.1) is 0 Å². The lowest BCUT2D eigenvalue weighted by molar-refractivity contribution is -0.141. The molecule has 0 saturated heterocycles. The summed E-state index contributed by atoms with van der Waals surface area (Å²) in [6.45, 7) is -1.02. The second-order valence-electron chi connectivity index (χ2n) is 7.18. The molecular weight excluding hydrogens is 423 g/mol. The fourth-order valence-electron chi connectivity index (χ4n) is 3.59. The lowest BCUT2D eigenvalue weighted by Crippen LogP contribution is -2.55. The van der Waals surface area contributed by atoms with Crippen LogP contribution in [0.4, 0.5) is 13.2 Å². The van der Waals surface area contributed by atoms with Crippen molar-refractivity contribution in [3.8, 4) is 0 Å². The van der Waals surface area contributed by atoms with Crippen LogP contribution < -0.4 is 11.1 Å². The summed E-state index contributed by atoms with van der Waals surface area (Å²) in [7, 11) is 0. The lowest BCUT2D eigenvalue weighted by Gasteiger charge is -2.33. The van der Waals surface area contributed by atoms with Gasteiger partial charge in [-0.25, -0.2) is 9.98 Å². The number of halogens is 4. The highest BCUT2D eigenvalue weighted by Gasteiger charge is 2.56. The average molecular weight is 442 g/mol. The number of nitrogens with two attached hydrogens (primary N) is 1. The van der Waals surface area contributed by atoms with E-state index in [0.29, 0.717) is 53.7 Å². The molecule has 0 spiro atoms. The van der Waals surface area contributed by atoms with Crippen molar-refractivity contribution < 1.29 is 18.0 Å². The van der Waals surface area contributed by atoms with Gasteiger partial charge in [0.05, 0.1) is 11.7 Å². The molecule has 1 amide bonds. The van der Waals surface area contributed by atoms with E-state index < -0.39 is 24.2 Å². The van der Waals surface area contributed by atoms with Gasteiger partial charge >= 0.3 is 6.18 Å². The SMILES string of the molecule is NCN(C1=NC(c2c[nH]c3ncc(Cl)cc23)=NCC1)C1(C(=O)NCC(F)(F)F)CC1. The van der Waals surface area contributed by atoms with Crippen molar-refractivity contribution in [1.29, 1.82) is 0 Å². The number of hydrogen-bond donors (Lipinski definition) is 3. The van der Waals surface area contributed by atoms with Gasteiger partial charge in [-0.15, -0.1) is 0 Å². The Hall–Kier alpha value is -2.66. The smallest absolute Gasteiger partial charge is 0.345 e. The van der Waals surface area contributed by atoms with Crippen molar-refractivity contribution in [3.05, 3.63) is 29.0 Å². The predicted octanol–water partition coefficient (Wildman–Crippen LogP) is 2.19. The van der Waals surface area contributed by atoms with Crippen LogP contribution in [-0.4, -0.2) is 63.9 Å². The van der Waals surface area contributed by atoms with E-state index in [-0.39, 0.29) is 6.67 Å². The first kappa shape index (κ1) is 20.6. The van der Waals surface area contributed by atoms with Gasteiger partial charge in [0.25, 0.3) is 0 Å². The van der Waals surface area contributed by atoms with E-state index in [1.807, 2.05) is 5.32 Å². The predicted molar refractivity (Wildman–Crippen MR) is 106 cm³/mol. The summed E-state index contributed by atoms with van der Waals surface area (Å²) in [5.41, 5.74) is 6.11. The molecule has 1 aliphatic carbocycles. The zero-order valence-corrected chi connectivity index (χ0v) is 16.5. The van der Waals surface area contributed by atoms with Crippen molar-refractivity contribution in [1.82, 2.24) is 20.2 Å². The van der Waals surface area contributed by atoms with E-state index in [9.17, 15) is 18.0 Å². The number of alkyl halides is 3. The maximum absolute atomic E-state index is 12.5. The molecule has 0 radical (unpaired) electrons. The molecule has 4 rings (SSSR count). The Morgan fingerprint density at radius 3 is 2.83 bits per heavy atom. The van der Waals surface area contributed by atoms with Crippen LogP contribution in [0.25, 0.3) is 11.0 Å². The average Bonchev–Trinajstić information content (AvgIpc) is 3.39. The van der Waals surface area contributed by atoms with Gasteiger partial charge in [0.15, 0.2) is 5.84 Å². The Labute approximate surface area is 174 Å². The van der Waals surface area contributed by atoms with Crippen molar-refractivity contribution in [2.24, 2.45) is 15.7 Å². The molecule has 4 N–H and O–H groups in total. The molecule has 0 aromatic carbocycles. The molecule has 1 fully saturated rings. The number of amides is 1. The number of pyridine rings is 1. The van der Waals surface area contributed by atoms with Gasteiger partial charge in [0, 0.05) is 36.3 Å². The molecule has 0 bridgehead atoms. The summed E-state index contributed by atoms with van der Waals surface area (Å²) in [6, 6.07) is 1.75. The highest BCUT2D eigenvalue weighted by molar-refractivity contribution is 6.31. The minimum Gasteiger partial charge on any atom is -0.345 e. The normalized spacial score (nSPS) is 18.0. The van der Waals surface area contributed by atoms with E-state index in [0.717, 1.165) is 5.39 Å². The Kier molecular flexibility index (Phi) is 5.18. The number of nitrogens with one attached hydrogen (secondary N) is 2. The molecule has 3 heterocycles. The number of nitrogens with zero attached hydrogens (tertiary/aromatic N) is 4. The summed E-state index contributed by atoms with van der Waals surface area (Å²) in [5.74, 6) is 0.253. The maximum Gasteiger partial charge on any atom is 0.405 e. The summed E-state index contributed by atoms with van der Waals surface area (Å²) < 4.78 is 37.5. The number of aliphatic imine (C=N–C) groups is 2. The Balaban J connectivity index is 1.61. The molecule has 1 saturated carbocycles. The number of aromatic nitrogens is 2. The van der Waals surface area contributed by atoms with E-state index in [4.69, 9.17) is 17.3 Å². The van der Waals surface area contributed by atoms with Gasteiger partial charge in [-0.2, -0.15) is 13.2 Å². The maximum atomic E-state index is 12.5. The molecule has 8 nitrogen and oxygen atoms in total. The Morgan fingerprint density at radius 2 is 2.17 bits per heavy atom. The third-order valence-electron chi connectivity index (χ3n) is 5.18. The number of amidine groups is 2. The zero-order chi connectivity index (χ0) is 21.5. The highest BCUT2D eigenvalue weighted by atomic mass is 35.5. The molecule has 2 aromatic rings. The number of H-pyrrole nitrogens is 1. The number of fused-ring (bicyclic) bond motifs is 1. The standard InChI is InChI=1S/C18H19ClF3N7O/c19-10-5-11-12(7-26-14(11)25-6-10)15-24-4-1-13(28-15)29(9-23)17(2-3-17)16(30)27-8-18(20,21)22/h5-7H,1-4,8-9,23H2,(H,25,26)(H,27,30). The molecule has 1 aliphatic heterocycles. The number of aromatic amines is 1.